The van der Waals surface area contributed by atoms with Gasteiger partial charge in [0, 0.05) is 26.2 Å². The Morgan fingerprint density at radius 1 is 1.08 bits per heavy atom. The molecule has 0 radical (unpaired) electrons. The lowest BCUT2D eigenvalue weighted by Crippen LogP contribution is -2.49. The van der Waals surface area contributed by atoms with Gasteiger partial charge in [-0.05, 0) is 31.2 Å². The highest BCUT2D eigenvalue weighted by molar-refractivity contribution is 5.97. The highest BCUT2D eigenvalue weighted by Crippen LogP contribution is 2.25. The second-order valence-corrected chi connectivity index (χ2v) is 9.54. The van der Waals surface area contributed by atoms with Crippen LogP contribution in [0.5, 0.6) is 0 Å². The fraction of sp³-hybridized carbons (Fsp3) is 0.556. The van der Waals surface area contributed by atoms with Gasteiger partial charge in [-0.1, -0.05) is 63.4 Å². The molecule has 2 heterocycles. The van der Waals surface area contributed by atoms with Crippen LogP contribution in [-0.4, -0.2) is 45.9 Å². The van der Waals surface area contributed by atoms with Crippen LogP contribution in [0.25, 0.3) is 0 Å². The fourth-order valence-corrected chi connectivity index (χ4v) is 4.74. The van der Waals surface area contributed by atoms with Gasteiger partial charge in [-0.25, -0.2) is 4.79 Å². The van der Waals surface area contributed by atoms with Crippen molar-refractivity contribution in [2.24, 2.45) is 5.92 Å². The maximum absolute atomic E-state index is 13.8. The number of aromatic nitrogens is 2. The Balaban J connectivity index is 1.86. The Morgan fingerprint density at radius 3 is 2.50 bits per heavy atom. The minimum absolute atomic E-state index is 0.0123. The fourth-order valence-electron chi connectivity index (χ4n) is 4.74. The van der Waals surface area contributed by atoms with Crippen LogP contribution in [0.3, 0.4) is 0 Å². The topological polar surface area (TPSA) is 121 Å². The molecule has 1 aromatic heterocycles. The summed E-state index contributed by atoms with van der Waals surface area (Å²) in [5, 5.41) is 0. The molecule has 1 aliphatic heterocycles. The third-order valence-electron chi connectivity index (χ3n) is 6.79. The molecule has 36 heavy (non-hydrogen) atoms. The van der Waals surface area contributed by atoms with Crippen molar-refractivity contribution in [3.63, 3.8) is 0 Å². The summed E-state index contributed by atoms with van der Waals surface area (Å²) >= 11 is 0. The predicted octanol–water partition coefficient (Wildman–Crippen LogP) is 2.92. The number of hydrogen-bond donors (Lipinski definition) is 2. The van der Waals surface area contributed by atoms with E-state index < -0.39 is 17.2 Å². The summed E-state index contributed by atoms with van der Waals surface area (Å²) in [5.74, 6) is -0.646. The van der Waals surface area contributed by atoms with Crippen molar-refractivity contribution < 1.29 is 9.59 Å². The van der Waals surface area contributed by atoms with Gasteiger partial charge >= 0.3 is 5.69 Å². The number of nitrogens with one attached hydrogen (secondary N) is 1. The monoisotopic (exact) mass is 497 g/mol. The van der Waals surface area contributed by atoms with E-state index in [1.54, 1.807) is 4.90 Å². The minimum Gasteiger partial charge on any atom is -0.383 e. The number of carbonyl (C=O) groups excluding carboxylic acids is 2. The maximum Gasteiger partial charge on any atom is 0.330 e. The van der Waals surface area contributed by atoms with E-state index in [4.69, 9.17) is 5.73 Å². The van der Waals surface area contributed by atoms with Crippen molar-refractivity contribution >= 4 is 23.3 Å². The molecule has 2 amide bonds. The van der Waals surface area contributed by atoms with Crippen LogP contribution in [0, 0.1) is 5.92 Å². The standard InChI is InChI=1S/C27H39N5O4/c1-3-5-10-17-31(23-24(28)32(16-6-4-2)27(36)29-25(23)34)26(35)21-14-11-15-30(19-21)22(33)18-20-12-8-7-9-13-20/h7-9,12-13,21H,3-6,10-11,14-19,28H2,1-2H3,(H,29,34,36). The van der Waals surface area contributed by atoms with Gasteiger partial charge in [0.15, 0.2) is 5.69 Å². The van der Waals surface area contributed by atoms with E-state index in [2.05, 4.69) is 11.9 Å². The molecular formula is C27H39N5O4. The van der Waals surface area contributed by atoms with Crippen molar-refractivity contribution in [3.05, 3.63) is 56.7 Å². The Morgan fingerprint density at radius 2 is 1.81 bits per heavy atom. The van der Waals surface area contributed by atoms with Gasteiger partial charge in [-0.15, -0.1) is 0 Å². The van der Waals surface area contributed by atoms with Gasteiger partial charge in [-0.3, -0.25) is 23.9 Å². The van der Waals surface area contributed by atoms with Crippen LogP contribution >= 0.6 is 0 Å². The smallest absolute Gasteiger partial charge is 0.330 e. The summed E-state index contributed by atoms with van der Waals surface area (Å²) in [7, 11) is 0. The molecule has 196 valence electrons. The quantitative estimate of drug-likeness (QED) is 0.462. The van der Waals surface area contributed by atoms with Crippen molar-refractivity contribution in [1.82, 2.24) is 14.5 Å². The van der Waals surface area contributed by atoms with Crippen LogP contribution in [0.2, 0.25) is 0 Å². The van der Waals surface area contributed by atoms with Gasteiger partial charge in [0.2, 0.25) is 11.8 Å². The summed E-state index contributed by atoms with van der Waals surface area (Å²) in [6.45, 7) is 5.68. The number of piperidine rings is 1. The van der Waals surface area contributed by atoms with Crippen LogP contribution < -0.4 is 21.9 Å². The predicted molar refractivity (Wildman–Crippen MR) is 142 cm³/mol. The molecule has 2 aromatic rings. The Labute approximate surface area is 212 Å². The highest BCUT2D eigenvalue weighted by atomic mass is 16.2. The first-order chi connectivity index (χ1) is 17.4. The number of hydrogen-bond acceptors (Lipinski definition) is 5. The van der Waals surface area contributed by atoms with Crippen molar-refractivity contribution in [3.8, 4) is 0 Å². The number of aromatic amines is 1. The normalized spacial score (nSPS) is 15.6. The highest BCUT2D eigenvalue weighted by Gasteiger charge is 2.34. The number of anilines is 2. The first-order valence-corrected chi connectivity index (χ1v) is 13.1. The zero-order valence-electron chi connectivity index (χ0n) is 21.5. The van der Waals surface area contributed by atoms with E-state index >= 15 is 0 Å². The van der Waals surface area contributed by atoms with Crippen molar-refractivity contribution in [2.75, 3.05) is 30.3 Å². The summed E-state index contributed by atoms with van der Waals surface area (Å²) in [6, 6.07) is 9.56. The minimum atomic E-state index is -0.650. The number of rotatable bonds is 11. The van der Waals surface area contributed by atoms with E-state index in [9.17, 15) is 19.2 Å². The molecule has 1 fully saturated rings. The van der Waals surface area contributed by atoms with E-state index in [1.165, 1.54) is 9.47 Å². The molecule has 1 unspecified atom stereocenters. The molecule has 0 saturated carbocycles. The maximum atomic E-state index is 13.8. The summed E-state index contributed by atoms with van der Waals surface area (Å²) in [6.07, 6.45) is 5.76. The van der Waals surface area contributed by atoms with E-state index in [0.717, 1.165) is 31.2 Å². The average Bonchev–Trinajstić information content (AvgIpc) is 2.88. The second-order valence-electron chi connectivity index (χ2n) is 9.54. The number of amides is 2. The first kappa shape index (κ1) is 27.2. The molecule has 1 saturated heterocycles. The molecule has 0 spiro atoms. The molecule has 1 aliphatic rings. The molecule has 0 aliphatic carbocycles. The number of unbranched alkanes of at least 4 members (excludes halogenated alkanes) is 3. The zero-order valence-corrected chi connectivity index (χ0v) is 21.5. The van der Waals surface area contributed by atoms with Crippen LogP contribution in [0.4, 0.5) is 11.5 Å². The largest absolute Gasteiger partial charge is 0.383 e. The van der Waals surface area contributed by atoms with E-state index in [1.807, 2.05) is 37.3 Å². The van der Waals surface area contributed by atoms with Gasteiger partial charge in [0.1, 0.15) is 5.82 Å². The lowest BCUT2D eigenvalue weighted by molar-refractivity contribution is -0.134. The molecule has 1 aromatic carbocycles. The third kappa shape index (κ3) is 6.65. The van der Waals surface area contributed by atoms with Gasteiger partial charge < -0.3 is 15.5 Å². The number of likely N-dealkylation sites (tertiary alicyclic amines) is 1. The molecule has 3 N–H and O–H groups in total. The number of carbonyl (C=O) groups is 2. The van der Waals surface area contributed by atoms with E-state index in [-0.39, 0.29) is 29.7 Å². The molecular weight excluding hydrogens is 458 g/mol. The molecule has 0 bridgehead atoms. The number of nitrogens with zero attached hydrogens (tertiary/aromatic N) is 3. The molecule has 3 rings (SSSR count). The Kier molecular flexibility index (Phi) is 9.90. The zero-order chi connectivity index (χ0) is 26.1. The number of nitrogen functional groups attached to an aromatic ring is 1. The van der Waals surface area contributed by atoms with Crippen LogP contribution in [-0.2, 0) is 22.6 Å². The SMILES string of the molecule is CCCCCN(C(=O)C1CCCN(C(=O)Cc2ccccc2)C1)c1c(N)n(CCCC)c(=O)[nH]c1=O. The Bertz CT molecular complexity index is 1140. The van der Waals surface area contributed by atoms with Gasteiger partial charge in [0.25, 0.3) is 5.56 Å². The molecule has 9 heteroatoms. The van der Waals surface area contributed by atoms with Crippen LogP contribution in [0.15, 0.2) is 39.9 Å². The lowest BCUT2D eigenvalue weighted by atomic mass is 9.95. The summed E-state index contributed by atoms with van der Waals surface area (Å²) in [4.78, 5) is 57.7. The number of nitrogens with two attached hydrogens (primary N) is 1. The average molecular weight is 498 g/mol. The first-order valence-electron chi connectivity index (χ1n) is 13.1. The number of H-pyrrole nitrogens is 1. The van der Waals surface area contributed by atoms with Crippen molar-refractivity contribution in [2.45, 2.75) is 71.8 Å². The number of benzene rings is 1. The molecule has 1 atom stereocenters. The lowest BCUT2D eigenvalue weighted by Gasteiger charge is -2.35. The summed E-state index contributed by atoms with van der Waals surface area (Å²) in [5.41, 5.74) is 6.11. The van der Waals surface area contributed by atoms with Gasteiger partial charge in [0.05, 0.1) is 12.3 Å². The van der Waals surface area contributed by atoms with Gasteiger partial charge in [-0.2, -0.15) is 0 Å². The third-order valence-corrected chi connectivity index (χ3v) is 6.79. The van der Waals surface area contributed by atoms with E-state index in [0.29, 0.717) is 45.4 Å². The molecule has 9 nitrogen and oxygen atoms in total. The Hall–Kier alpha value is -3.36. The summed E-state index contributed by atoms with van der Waals surface area (Å²) < 4.78 is 1.34. The van der Waals surface area contributed by atoms with Crippen molar-refractivity contribution in [1.29, 1.82) is 0 Å². The second kappa shape index (κ2) is 13.1. The van der Waals surface area contributed by atoms with Crippen LogP contribution in [0.1, 0.15) is 64.4 Å².